The maximum Gasteiger partial charge on any atom is 0.257 e. The second kappa shape index (κ2) is 6.48. The summed E-state index contributed by atoms with van der Waals surface area (Å²) in [5.41, 5.74) is 2.04. The van der Waals surface area contributed by atoms with Crippen LogP contribution in [0.5, 0.6) is 5.75 Å². The lowest BCUT2D eigenvalue weighted by molar-refractivity contribution is -0.138. The molecule has 0 aliphatic carbocycles. The van der Waals surface area contributed by atoms with Gasteiger partial charge in [0.05, 0.1) is 30.5 Å². The molecule has 3 aliphatic heterocycles. The van der Waals surface area contributed by atoms with E-state index in [-0.39, 0.29) is 23.8 Å². The Kier molecular flexibility index (Phi) is 4.14. The number of aromatic nitrogens is 2. The minimum Gasteiger partial charge on any atom is -0.497 e. The summed E-state index contributed by atoms with van der Waals surface area (Å²) in [7, 11) is 3.45. The number of benzene rings is 1. The molecule has 1 aromatic carbocycles. The second-order valence-corrected chi connectivity index (χ2v) is 6.98. The molecule has 3 fully saturated rings. The molecule has 2 bridgehead atoms. The topological polar surface area (TPSA) is 78.5 Å². The zero-order valence-corrected chi connectivity index (χ0v) is 14.9. The van der Waals surface area contributed by atoms with Crippen molar-refractivity contribution in [3.63, 3.8) is 0 Å². The van der Waals surface area contributed by atoms with E-state index in [9.17, 15) is 9.59 Å². The van der Waals surface area contributed by atoms with E-state index in [1.807, 2.05) is 31.3 Å². The first-order valence-electron chi connectivity index (χ1n) is 8.82. The summed E-state index contributed by atoms with van der Waals surface area (Å²) in [6.45, 7) is 1.04. The van der Waals surface area contributed by atoms with E-state index < -0.39 is 0 Å². The van der Waals surface area contributed by atoms with Gasteiger partial charge in [-0.25, -0.2) is 0 Å². The highest BCUT2D eigenvalue weighted by atomic mass is 16.5. The van der Waals surface area contributed by atoms with E-state index in [1.165, 1.54) is 0 Å². The second-order valence-electron chi connectivity index (χ2n) is 6.98. The molecule has 26 heavy (non-hydrogen) atoms. The van der Waals surface area contributed by atoms with E-state index in [1.54, 1.807) is 23.1 Å². The van der Waals surface area contributed by atoms with Gasteiger partial charge in [-0.1, -0.05) is 12.1 Å². The SMILES string of the molecule is COc1cccc(-c2[nH]ncc2C(=O)N2C[C@@H]3CC[C@H](C2)N(C)C3=O)c1. The number of carbonyl (C=O) groups is 2. The number of carbonyl (C=O) groups excluding carboxylic acids is 2. The number of H-pyrrole nitrogens is 1. The molecule has 3 saturated heterocycles. The quantitative estimate of drug-likeness (QED) is 0.911. The first-order valence-corrected chi connectivity index (χ1v) is 8.82. The number of likely N-dealkylation sites (N-methyl/N-ethyl adjacent to an activating group) is 1. The molecule has 4 heterocycles. The van der Waals surface area contributed by atoms with Gasteiger partial charge in [0, 0.05) is 31.7 Å². The lowest BCUT2D eigenvalue weighted by atomic mass is 9.95. The molecule has 2 atom stereocenters. The lowest BCUT2D eigenvalue weighted by Gasteiger charge is -2.32. The van der Waals surface area contributed by atoms with Gasteiger partial charge >= 0.3 is 0 Å². The Bertz CT molecular complexity index is 847. The molecule has 0 radical (unpaired) electrons. The van der Waals surface area contributed by atoms with Gasteiger partial charge in [-0.2, -0.15) is 5.10 Å². The summed E-state index contributed by atoms with van der Waals surface area (Å²) >= 11 is 0. The van der Waals surface area contributed by atoms with Gasteiger partial charge in [-0.3, -0.25) is 14.7 Å². The van der Waals surface area contributed by atoms with Crippen molar-refractivity contribution < 1.29 is 14.3 Å². The zero-order valence-electron chi connectivity index (χ0n) is 14.9. The maximum absolute atomic E-state index is 13.2. The van der Waals surface area contributed by atoms with Crippen LogP contribution in [0.1, 0.15) is 23.2 Å². The van der Waals surface area contributed by atoms with Crippen molar-refractivity contribution in [3.8, 4) is 17.0 Å². The summed E-state index contributed by atoms with van der Waals surface area (Å²) in [4.78, 5) is 29.2. The highest BCUT2D eigenvalue weighted by Gasteiger charge is 2.40. The molecule has 0 unspecified atom stereocenters. The monoisotopic (exact) mass is 354 g/mol. The number of nitrogens with one attached hydrogen (secondary N) is 1. The fraction of sp³-hybridized carbons (Fsp3) is 0.421. The smallest absolute Gasteiger partial charge is 0.257 e. The summed E-state index contributed by atoms with van der Waals surface area (Å²) in [5.74, 6) is 0.679. The third-order valence-electron chi connectivity index (χ3n) is 5.48. The average Bonchev–Trinajstić information content (AvgIpc) is 3.00. The Balaban J connectivity index is 1.64. The van der Waals surface area contributed by atoms with Crippen LogP contribution in [0.2, 0.25) is 0 Å². The number of amides is 2. The van der Waals surface area contributed by atoms with Crippen molar-refractivity contribution >= 4 is 11.8 Å². The van der Waals surface area contributed by atoms with Gasteiger partial charge in [0.15, 0.2) is 0 Å². The predicted octanol–water partition coefficient (Wildman–Crippen LogP) is 1.78. The van der Waals surface area contributed by atoms with Gasteiger partial charge in [0.2, 0.25) is 5.91 Å². The van der Waals surface area contributed by atoms with E-state index in [0.29, 0.717) is 24.3 Å². The van der Waals surface area contributed by atoms with Gasteiger partial charge in [0.1, 0.15) is 5.75 Å². The van der Waals surface area contributed by atoms with Gasteiger partial charge < -0.3 is 14.5 Å². The first kappa shape index (κ1) is 16.6. The molecule has 2 amide bonds. The van der Waals surface area contributed by atoms with E-state index in [0.717, 1.165) is 24.2 Å². The highest BCUT2D eigenvalue weighted by Crippen LogP contribution is 2.31. The van der Waals surface area contributed by atoms with Crippen LogP contribution < -0.4 is 4.74 Å². The Hall–Kier alpha value is -2.83. The molecule has 1 aromatic heterocycles. The standard InChI is InChI=1S/C19H22N4O3/c1-22-14-7-6-13(18(22)24)10-23(11-14)19(25)16-9-20-21-17(16)12-4-3-5-15(8-12)26-2/h3-5,8-9,13-14H,6-7,10-11H2,1-2H3,(H,20,21)/t13-,14+/m0/s1. The summed E-state index contributed by atoms with van der Waals surface area (Å²) < 4.78 is 5.27. The number of piperidine rings is 1. The van der Waals surface area contributed by atoms with Crippen molar-refractivity contribution in [3.05, 3.63) is 36.0 Å². The Morgan fingerprint density at radius 1 is 1.31 bits per heavy atom. The van der Waals surface area contributed by atoms with Crippen molar-refractivity contribution in [2.75, 3.05) is 27.2 Å². The molecule has 7 nitrogen and oxygen atoms in total. The summed E-state index contributed by atoms with van der Waals surface area (Å²) in [6.07, 6.45) is 3.37. The number of nitrogens with zero attached hydrogens (tertiary/aromatic N) is 3. The van der Waals surface area contributed by atoms with Crippen molar-refractivity contribution in [2.24, 2.45) is 5.92 Å². The van der Waals surface area contributed by atoms with Crippen LogP contribution in [0.25, 0.3) is 11.3 Å². The van der Waals surface area contributed by atoms with E-state index >= 15 is 0 Å². The molecule has 2 aromatic rings. The molecule has 136 valence electrons. The van der Waals surface area contributed by atoms with Gasteiger partial charge in [0.25, 0.3) is 5.91 Å². The van der Waals surface area contributed by atoms with Crippen LogP contribution in [-0.2, 0) is 4.79 Å². The minimum atomic E-state index is -0.102. The maximum atomic E-state index is 13.2. The first-order chi connectivity index (χ1) is 12.6. The molecule has 3 aliphatic rings. The number of rotatable bonds is 3. The van der Waals surface area contributed by atoms with Crippen molar-refractivity contribution in [2.45, 2.75) is 18.9 Å². The van der Waals surface area contributed by atoms with Crippen molar-refractivity contribution in [1.82, 2.24) is 20.0 Å². The Labute approximate surface area is 151 Å². The number of fused-ring (bicyclic) bond motifs is 4. The van der Waals surface area contributed by atoms with Crippen LogP contribution in [0.4, 0.5) is 0 Å². The van der Waals surface area contributed by atoms with Crippen LogP contribution in [-0.4, -0.2) is 65.1 Å². The van der Waals surface area contributed by atoms with E-state index in [4.69, 9.17) is 4.74 Å². The number of methoxy groups -OCH3 is 1. The number of hydrogen-bond acceptors (Lipinski definition) is 4. The predicted molar refractivity (Wildman–Crippen MR) is 95.8 cm³/mol. The largest absolute Gasteiger partial charge is 0.497 e. The van der Waals surface area contributed by atoms with Crippen LogP contribution in [0.3, 0.4) is 0 Å². The molecular formula is C19H22N4O3. The molecule has 0 saturated carbocycles. The minimum absolute atomic E-state index is 0.0865. The summed E-state index contributed by atoms with van der Waals surface area (Å²) in [6, 6.07) is 7.61. The normalized spacial score (nSPS) is 22.5. The highest BCUT2D eigenvalue weighted by molar-refractivity contribution is 6.00. The van der Waals surface area contributed by atoms with Gasteiger partial charge in [-0.15, -0.1) is 0 Å². The third kappa shape index (κ3) is 2.73. The number of ether oxygens (including phenoxy) is 1. The molecule has 1 N–H and O–H groups in total. The van der Waals surface area contributed by atoms with Crippen LogP contribution in [0, 0.1) is 5.92 Å². The molecule has 0 spiro atoms. The van der Waals surface area contributed by atoms with Crippen LogP contribution in [0.15, 0.2) is 30.5 Å². The zero-order chi connectivity index (χ0) is 18.3. The van der Waals surface area contributed by atoms with Crippen LogP contribution >= 0.6 is 0 Å². The number of aromatic amines is 1. The fourth-order valence-electron chi connectivity index (χ4n) is 3.94. The third-order valence-corrected chi connectivity index (χ3v) is 5.48. The summed E-state index contributed by atoms with van der Waals surface area (Å²) in [5, 5.41) is 7.02. The fourth-order valence-corrected chi connectivity index (χ4v) is 3.94. The van der Waals surface area contributed by atoms with Crippen molar-refractivity contribution in [1.29, 1.82) is 0 Å². The molecule has 5 rings (SSSR count). The van der Waals surface area contributed by atoms with E-state index in [2.05, 4.69) is 10.2 Å². The molecule has 7 heteroatoms. The Morgan fingerprint density at radius 2 is 2.15 bits per heavy atom. The lowest BCUT2D eigenvalue weighted by Crippen LogP contribution is -2.45. The van der Waals surface area contributed by atoms with Gasteiger partial charge in [-0.05, 0) is 25.0 Å². The number of hydrogen-bond donors (Lipinski definition) is 1. The Morgan fingerprint density at radius 3 is 2.96 bits per heavy atom. The average molecular weight is 354 g/mol. The molecular weight excluding hydrogens is 332 g/mol.